The molecule has 0 radical (unpaired) electrons. The molecule has 0 aliphatic carbocycles. The van der Waals surface area contributed by atoms with Crippen LogP contribution in [0.4, 0.5) is 5.69 Å². The van der Waals surface area contributed by atoms with E-state index in [-0.39, 0.29) is 34.5 Å². The quantitative estimate of drug-likeness (QED) is 0.284. The van der Waals surface area contributed by atoms with Crippen LogP contribution in [0.3, 0.4) is 0 Å². The lowest BCUT2D eigenvalue weighted by Gasteiger charge is -2.21. The normalized spacial score (nSPS) is 12.0. The number of nitrogens with one attached hydrogen (secondary N) is 2. The van der Waals surface area contributed by atoms with E-state index in [4.69, 9.17) is 23.2 Å². The number of hydrogen-bond acceptors (Lipinski definition) is 5. The van der Waals surface area contributed by atoms with E-state index in [1.165, 1.54) is 11.8 Å². The van der Waals surface area contributed by atoms with Crippen molar-refractivity contribution in [2.45, 2.75) is 58.8 Å². The van der Waals surface area contributed by atoms with E-state index in [0.29, 0.717) is 34.5 Å². The standard InChI is InChI=1S/C26H31Cl2N5O2S/c1-6-33-24(22(11-15(2)3)30-25(35)19-10-9-18(27)13-20(19)28)31-32-26(33)36-14-23(34)29-21-12-16(4)7-8-17(21)5/h7-10,12-13,15,22H,6,11,14H2,1-5H3,(H,29,34)(H,30,35)/t22-/m1/s1. The van der Waals surface area contributed by atoms with Crippen LogP contribution in [0.5, 0.6) is 0 Å². The van der Waals surface area contributed by atoms with Gasteiger partial charge < -0.3 is 15.2 Å². The van der Waals surface area contributed by atoms with Gasteiger partial charge >= 0.3 is 0 Å². The molecular weight excluding hydrogens is 517 g/mol. The molecule has 1 heterocycles. The molecule has 0 aliphatic rings. The van der Waals surface area contributed by atoms with E-state index in [0.717, 1.165) is 16.8 Å². The Balaban J connectivity index is 1.76. The highest BCUT2D eigenvalue weighted by atomic mass is 35.5. The van der Waals surface area contributed by atoms with Gasteiger partial charge in [0.05, 0.1) is 22.4 Å². The van der Waals surface area contributed by atoms with Crippen LogP contribution in [-0.2, 0) is 11.3 Å². The van der Waals surface area contributed by atoms with Crippen molar-refractivity contribution in [3.05, 3.63) is 69.0 Å². The molecule has 10 heteroatoms. The maximum absolute atomic E-state index is 13.0. The van der Waals surface area contributed by atoms with Gasteiger partial charge in [0.15, 0.2) is 11.0 Å². The Morgan fingerprint density at radius 3 is 2.50 bits per heavy atom. The SMILES string of the molecule is CCn1c(SCC(=O)Nc2cc(C)ccc2C)nnc1[C@@H](CC(C)C)NC(=O)c1ccc(Cl)cc1Cl. The Kier molecular flexibility index (Phi) is 9.82. The van der Waals surface area contributed by atoms with Crippen LogP contribution in [0.2, 0.25) is 10.0 Å². The fourth-order valence-corrected chi connectivity index (χ4v) is 5.06. The summed E-state index contributed by atoms with van der Waals surface area (Å²) in [6.07, 6.45) is 0.660. The summed E-state index contributed by atoms with van der Waals surface area (Å²) in [6.45, 7) is 10.7. The molecule has 36 heavy (non-hydrogen) atoms. The molecule has 2 N–H and O–H groups in total. The van der Waals surface area contributed by atoms with E-state index >= 15 is 0 Å². The lowest BCUT2D eigenvalue weighted by Crippen LogP contribution is -2.32. The van der Waals surface area contributed by atoms with Crippen LogP contribution in [0, 0.1) is 19.8 Å². The molecule has 2 aromatic carbocycles. The van der Waals surface area contributed by atoms with E-state index in [2.05, 4.69) is 34.7 Å². The summed E-state index contributed by atoms with van der Waals surface area (Å²) in [5.41, 5.74) is 3.23. The Hall–Kier alpha value is -2.55. The third-order valence-electron chi connectivity index (χ3n) is 5.56. The molecule has 3 rings (SSSR count). The van der Waals surface area contributed by atoms with Crippen LogP contribution in [0.25, 0.3) is 0 Å². The predicted molar refractivity (Wildman–Crippen MR) is 147 cm³/mol. The number of carbonyl (C=O) groups is 2. The molecule has 1 aromatic heterocycles. The first-order chi connectivity index (χ1) is 17.1. The minimum absolute atomic E-state index is 0.120. The van der Waals surface area contributed by atoms with Gasteiger partial charge in [0.1, 0.15) is 0 Å². The number of amides is 2. The van der Waals surface area contributed by atoms with Gasteiger partial charge in [0.25, 0.3) is 5.91 Å². The highest BCUT2D eigenvalue weighted by Gasteiger charge is 2.25. The minimum Gasteiger partial charge on any atom is -0.342 e. The number of benzene rings is 2. The van der Waals surface area contributed by atoms with Crippen molar-refractivity contribution in [3.8, 4) is 0 Å². The first-order valence-corrected chi connectivity index (χ1v) is 13.5. The number of carbonyl (C=O) groups excluding carboxylic acids is 2. The second-order valence-electron chi connectivity index (χ2n) is 9.02. The average molecular weight is 549 g/mol. The zero-order valence-electron chi connectivity index (χ0n) is 21.1. The number of aryl methyl sites for hydroxylation is 2. The zero-order valence-corrected chi connectivity index (χ0v) is 23.4. The van der Waals surface area contributed by atoms with Gasteiger partial charge in [-0.15, -0.1) is 10.2 Å². The van der Waals surface area contributed by atoms with E-state index in [9.17, 15) is 9.59 Å². The van der Waals surface area contributed by atoms with E-state index in [1.807, 2.05) is 43.5 Å². The fourth-order valence-electron chi connectivity index (χ4n) is 3.76. The topological polar surface area (TPSA) is 88.9 Å². The molecule has 0 aliphatic heterocycles. The van der Waals surface area contributed by atoms with E-state index in [1.54, 1.807) is 18.2 Å². The zero-order chi connectivity index (χ0) is 26.4. The van der Waals surface area contributed by atoms with Crippen molar-refractivity contribution in [1.82, 2.24) is 20.1 Å². The summed E-state index contributed by atoms with van der Waals surface area (Å²) in [5, 5.41) is 16.1. The second kappa shape index (κ2) is 12.6. The molecule has 192 valence electrons. The Morgan fingerprint density at radius 2 is 1.83 bits per heavy atom. The number of nitrogens with zero attached hydrogens (tertiary/aromatic N) is 3. The number of anilines is 1. The Labute approximate surface area is 226 Å². The summed E-state index contributed by atoms with van der Waals surface area (Å²) in [7, 11) is 0. The monoisotopic (exact) mass is 547 g/mol. The first-order valence-electron chi connectivity index (χ1n) is 11.8. The molecular formula is C26H31Cl2N5O2S. The van der Waals surface area contributed by atoms with E-state index < -0.39 is 0 Å². The molecule has 0 spiro atoms. The van der Waals surface area contributed by atoms with Gasteiger partial charge in [-0.1, -0.05) is 60.9 Å². The average Bonchev–Trinajstić information content (AvgIpc) is 3.22. The third-order valence-corrected chi connectivity index (χ3v) is 7.08. The minimum atomic E-state index is -0.380. The summed E-state index contributed by atoms with van der Waals surface area (Å²) >= 11 is 13.5. The maximum atomic E-state index is 13.0. The largest absolute Gasteiger partial charge is 0.342 e. The van der Waals surface area contributed by atoms with Gasteiger partial charge in [-0.2, -0.15) is 0 Å². The Morgan fingerprint density at radius 1 is 1.08 bits per heavy atom. The smallest absolute Gasteiger partial charge is 0.253 e. The van der Waals surface area contributed by atoms with Crippen LogP contribution in [0.1, 0.15) is 60.5 Å². The fraction of sp³-hybridized carbons (Fsp3) is 0.385. The number of rotatable bonds is 10. The summed E-state index contributed by atoms with van der Waals surface area (Å²) in [4.78, 5) is 25.7. The number of hydrogen-bond donors (Lipinski definition) is 2. The summed E-state index contributed by atoms with van der Waals surface area (Å²) < 4.78 is 1.94. The second-order valence-corrected chi connectivity index (χ2v) is 10.8. The molecule has 0 unspecified atom stereocenters. The molecule has 0 fully saturated rings. The van der Waals surface area contributed by atoms with Crippen molar-refractivity contribution in [2.24, 2.45) is 5.92 Å². The number of thioether (sulfide) groups is 1. The van der Waals surface area contributed by atoms with Crippen molar-refractivity contribution in [1.29, 1.82) is 0 Å². The van der Waals surface area contributed by atoms with Gasteiger partial charge in [-0.25, -0.2) is 0 Å². The third kappa shape index (κ3) is 7.24. The lowest BCUT2D eigenvalue weighted by atomic mass is 10.0. The molecule has 7 nitrogen and oxygen atoms in total. The summed E-state index contributed by atoms with van der Waals surface area (Å²) in [5.74, 6) is 0.688. The van der Waals surface area contributed by atoms with Crippen molar-refractivity contribution < 1.29 is 9.59 Å². The van der Waals surface area contributed by atoms with Gasteiger partial charge in [0.2, 0.25) is 5.91 Å². The van der Waals surface area contributed by atoms with Crippen molar-refractivity contribution in [2.75, 3.05) is 11.1 Å². The molecule has 0 bridgehead atoms. The first kappa shape index (κ1) is 28.0. The molecule has 1 atom stereocenters. The van der Waals surface area contributed by atoms with Gasteiger partial charge in [0, 0.05) is 17.3 Å². The summed E-state index contributed by atoms with van der Waals surface area (Å²) in [6, 6.07) is 10.4. The maximum Gasteiger partial charge on any atom is 0.253 e. The van der Waals surface area contributed by atoms with Gasteiger partial charge in [-0.05, 0) is 68.5 Å². The lowest BCUT2D eigenvalue weighted by molar-refractivity contribution is -0.113. The van der Waals surface area contributed by atoms with Crippen LogP contribution in [-0.4, -0.2) is 32.3 Å². The number of aromatic nitrogens is 3. The van der Waals surface area contributed by atoms with Crippen molar-refractivity contribution in [3.63, 3.8) is 0 Å². The highest BCUT2D eigenvalue weighted by Crippen LogP contribution is 2.27. The number of halogens is 2. The molecule has 0 saturated carbocycles. The predicted octanol–water partition coefficient (Wildman–Crippen LogP) is 6.47. The molecule has 0 saturated heterocycles. The van der Waals surface area contributed by atoms with Crippen LogP contribution < -0.4 is 10.6 Å². The molecule has 3 aromatic rings. The Bertz CT molecular complexity index is 1250. The van der Waals surface area contributed by atoms with Crippen LogP contribution in [0.15, 0.2) is 41.6 Å². The highest BCUT2D eigenvalue weighted by molar-refractivity contribution is 7.99. The van der Waals surface area contributed by atoms with Gasteiger partial charge in [-0.3, -0.25) is 9.59 Å². The van der Waals surface area contributed by atoms with Crippen molar-refractivity contribution >= 4 is 52.5 Å². The molecule has 2 amide bonds. The van der Waals surface area contributed by atoms with Crippen LogP contribution >= 0.6 is 35.0 Å².